The molecule has 0 aromatic heterocycles. The molecule has 1 atom stereocenters. The van der Waals surface area contributed by atoms with E-state index in [2.05, 4.69) is 9.46 Å². The van der Waals surface area contributed by atoms with Gasteiger partial charge in [0.15, 0.2) is 0 Å². The van der Waals surface area contributed by atoms with E-state index < -0.39 is 16.3 Å². The van der Waals surface area contributed by atoms with Crippen LogP contribution in [-0.2, 0) is 14.9 Å². The third-order valence-corrected chi connectivity index (χ3v) is 3.48. The van der Waals surface area contributed by atoms with E-state index in [0.29, 0.717) is 12.3 Å². The van der Waals surface area contributed by atoms with Crippen LogP contribution in [0, 0.1) is 5.41 Å². The largest absolute Gasteiger partial charge is 0.449 e. The molecule has 0 radical (unpaired) electrons. The standard InChI is InChI=1S/C10H21ClN2O4S/c1-5-17-9(14)13-18(15,16)12-8(6-7-11)10(2,3)4/h8,12H,5-7H2,1-4H3,(H,13,14). The number of rotatable bonds is 6. The topological polar surface area (TPSA) is 84.5 Å². The lowest BCUT2D eigenvalue weighted by Gasteiger charge is -2.30. The maximum Gasteiger partial charge on any atom is 0.421 e. The molecule has 0 aliphatic carbocycles. The molecule has 6 nitrogen and oxygen atoms in total. The highest BCUT2D eigenvalue weighted by molar-refractivity contribution is 7.88. The van der Waals surface area contributed by atoms with Crippen LogP contribution in [0.15, 0.2) is 0 Å². The molecule has 0 aliphatic rings. The Bertz CT molecular complexity index is 365. The summed E-state index contributed by atoms with van der Waals surface area (Å²) in [4.78, 5) is 11.1. The molecule has 0 saturated heterocycles. The molecule has 1 unspecified atom stereocenters. The molecule has 1 amide bonds. The van der Waals surface area contributed by atoms with E-state index in [0.717, 1.165) is 0 Å². The SMILES string of the molecule is CCOC(=O)NS(=O)(=O)NC(CCCl)C(C)(C)C. The van der Waals surface area contributed by atoms with Crippen molar-refractivity contribution in [2.45, 2.75) is 40.2 Å². The molecule has 0 rings (SSSR count). The van der Waals surface area contributed by atoms with Crippen molar-refractivity contribution in [2.24, 2.45) is 5.41 Å². The predicted molar refractivity (Wildman–Crippen MR) is 70.8 cm³/mol. The molecule has 0 bridgehead atoms. The second kappa shape index (κ2) is 7.16. The lowest BCUT2D eigenvalue weighted by molar-refractivity contribution is 0.158. The van der Waals surface area contributed by atoms with Gasteiger partial charge >= 0.3 is 16.3 Å². The quantitative estimate of drug-likeness (QED) is 0.730. The van der Waals surface area contributed by atoms with Gasteiger partial charge in [0.1, 0.15) is 0 Å². The first-order valence-electron chi connectivity index (χ1n) is 5.65. The fourth-order valence-corrected chi connectivity index (χ4v) is 2.67. The molecular formula is C10H21ClN2O4S. The molecule has 18 heavy (non-hydrogen) atoms. The van der Waals surface area contributed by atoms with Crippen molar-refractivity contribution in [3.05, 3.63) is 0 Å². The van der Waals surface area contributed by atoms with Crippen LogP contribution < -0.4 is 9.44 Å². The fraction of sp³-hybridized carbons (Fsp3) is 0.900. The first-order valence-corrected chi connectivity index (χ1v) is 7.67. The Hall–Kier alpha value is -0.530. The lowest BCUT2D eigenvalue weighted by Crippen LogP contribution is -2.50. The first-order chi connectivity index (χ1) is 8.12. The van der Waals surface area contributed by atoms with Crippen molar-refractivity contribution in [1.29, 1.82) is 0 Å². The first kappa shape index (κ1) is 17.5. The molecule has 0 saturated carbocycles. The third kappa shape index (κ3) is 7.03. The van der Waals surface area contributed by atoms with Crippen LogP contribution >= 0.6 is 11.6 Å². The van der Waals surface area contributed by atoms with Gasteiger partial charge in [-0.05, 0) is 18.8 Å². The summed E-state index contributed by atoms with van der Waals surface area (Å²) in [7, 11) is -3.94. The Morgan fingerprint density at radius 1 is 1.39 bits per heavy atom. The summed E-state index contributed by atoms with van der Waals surface area (Å²) in [6, 6.07) is -0.373. The van der Waals surface area contributed by atoms with Gasteiger partial charge in [-0.25, -0.2) is 9.52 Å². The average molecular weight is 301 g/mol. The highest BCUT2D eigenvalue weighted by atomic mass is 35.5. The highest BCUT2D eigenvalue weighted by Crippen LogP contribution is 2.22. The Balaban J connectivity index is 4.66. The van der Waals surface area contributed by atoms with E-state index in [-0.39, 0.29) is 18.1 Å². The number of amides is 1. The Kier molecular flexibility index (Phi) is 6.94. The minimum atomic E-state index is -3.94. The second-order valence-corrected chi connectivity index (χ2v) is 6.66. The van der Waals surface area contributed by atoms with Crippen LogP contribution in [0.3, 0.4) is 0 Å². The highest BCUT2D eigenvalue weighted by Gasteiger charge is 2.29. The molecule has 8 heteroatoms. The minimum Gasteiger partial charge on any atom is -0.449 e. The van der Waals surface area contributed by atoms with Crippen LogP contribution in [0.25, 0.3) is 0 Å². The third-order valence-electron chi connectivity index (χ3n) is 2.23. The number of hydrogen-bond donors (Lipinski definition) is 2. The Labute approximate surface area is 114 Å². The van der Waals surface area contributed by atoms with E-state index in [4.69, 9.17) is 11.6 Å². The number of nitrogens with one attached hydrogen (secondary N) is 2. The van der Waals surface area contributed by atoms with Crippen LogP contribution in [0.4, 0.5) is 4.79 Å². The summed E-state index contributed by atoms with van der Waals surface area (Å²) in [6.07, 6.45) is -0.530. The van der Waals surface area contributed by atoms with Gasteiger partial charge in [-0.3, -0.25) is 0 Å². The molecule has 2 N–H and O–H groups in total. The van der Waals surface area contributed by atoms with Gasteiger partial charge in [0.05, 0.1) is 6.61 Å². The zero-order valence-corrected chi connectivity index (χ0v) is 12.7. The zero-order valence-electron chi connectivity index (χ0n) is 11.1. The molecule has 0 aliphatic heterocycles. The number of carbonyl (C=O) groups excluding carboxylic acids is 1. The molecule has 0 spiro atoms. The molecule has 108 valence electrons. The van der Waals surface area contributed by atoms with Gasteiger partial charge in [0.25, 0.3) is 0 Å². The molecular weight excluding hydrogens is 280 g/mol. The number of alkyl halides is 1. The van der Waals surface area contributed by atoms with Crippen LogP contribution in [-0.4, -0.2) is 33.0 Å². The zero-order chi connectivity index (χ0) is 14.4. The van der Waals surface area contributed by atoms with Gasteiger partial charge < -0.3 is 4.74 Å². The van der Waals surface area contributed by atoms with Crippen LogP contribution in [0.1, 0.15) is 34.1 Å². The summed E-state index contributed by atoms with van der Waals surface area (Å²) in [5.74, 6) is 0.323. The van der Waals surface area contributed by atoms with Crippen molar-refractivity contribution in [2.75, 3.05) is 12.5 Å². The summed E-state index contributed by atoms with van der Waals surface area (Å²) >= 11 is 5.64. The Morgan fingerprint density at radius 2 is 1.94 bits per heavy atom. The normalized spacial score (nSPS) is 14.1. The van der Waals surface area contributed by atoms with Gasteiger partial charge in [0, 0.05) is 11.9 Å². The smallest absolute Gasteiger partial charge is 0.421 e. The fourth-order valence-electron chi connectivity index (χ4n) is 1.26. The van der Waals surface area contributed by atoms with Crippen LogP contribution in [0.5, 0.6) is 0 Å². The molecule has 0 aromatic rings. The van der Waals surface area contributed by atoms with Crippen LogP contribution in [0.2, 0.25) is 0 Å². The predicted octanol–water partition coefficient (Wildman–Crippen LogP) is 1.61. The van der Waals surface area contributed by atoms with Crippen molar-refractivity contribution in [1.82, 2.24) is 9.44 Å². The Morgan fingerprint density at radius 3 is 2.33 bits per heavy atom. The summed E-state index contributed by atoms with van der Waals surface area (Å²) in [5, 5.41) is 0. The van der Waals surface area contributed by atoms with Gasteiger partial charge in [-0.15, -0.1) is 11.6 Å². The number of ether oxygens (including phenoxy) is 1. The monoisotopic (exact) mass is 300 g/mol. The number of carbonyl (C=O) groups is 1. The van der Waals surface area contributed by atoms with Crippen molar-refractivity contribution < 1.29 is 17.9 Å². The number of hydrogen-bond acceptors (Lipinski definition) is 4. The average Bonchev–Trinajstić information content (AvgIpc) is 2.14. The van der Waals surface area contributed by atoms with E-state index in [1.165, 1.54) is 0 Å². The van der Waals surface area contributed by atoms with E-state index in [1.807, 2.05) is 20.8 Å². The van der Waals surface area contributed by atoms with E-state index in [1.54, 1.807) is 11.6 Å². The lowest BCUT2D eigenvalue weighted by atomic mass is 9.86. The summed E-state index contributed by atoms with van der Waals surface area (Å²) in [6.45, 7) is 7.35. The van der Waals surface area contributed by atoms with Crippen molar-refractivity contribution in [3.8, 4) is 0 Å². The maximum absolute atomic E-state index is 11.7. The van der Waals surface area contributed by atoms with Crippen molar-refractivity contribution in [3.63, 3.8) is 0 Å². The van der Waals surface area contributed by atoms with Gasteiger partial charge in [-0.2, -0.15) is 13.1 Å². The molecule has 0 fully saturated rings. The van der Waals surface area contributed by atoms with E-state index >= 15 is 0 Å². The minimum absolute atomic E-state index is 0.103. The van der Waals surface area contributed by atoms with Crippen molar-refractivity contribution >= 4 is 27.9 Å². The second-order valence-electron chi connectivity index (χ2n) is 4.84. The summed E-state index contributed by atoms with van der Waals surface area (Å²) in [5.41, 5.74) is -0.307. The maximum atomic E-state index is 11.7. The molecule has 0 aromatic carbocycles. The molecule has 0 heterocycles. The van der Waals surface area contributed by atoms with Gasteiger partial charge in [-0.1, -0.05) is 20.8 Å². The van der Waals surface area contributed by atoms with Gasteiger partial charge in [0.2, 0.25) is 0 Å². The summed E-state index contributed by atoms with van der Waals surface area (Å²) < 4.78 is 32.0. The number of halogens is 1. The van der Waals surface area contributed by atoms with E-state index in [9.17, 15) is 13.2 Å².